The van der Waals surface area contributed by atoms with Gasteiger partial charge in [0.2, 0.25) is 0 Å². The lowest BCUT2D eigenvalue weighted by Crippen LogP contribution is -2.27. The van der Waals surface area contributed by atoms with Crippen molar-refractivity contribution in [2.75, 3.05) is 6.54 Å². The molecule has 2 heterocycles. The van der Waals surface area contributed by atoms with Crippen molar-refractivity contribution in [3.05, 3.63) is 87.7 Å². The third-order valence-electron chi connectivity index (χ3n) is 5.26. The van der Waals surface area contributed by atoms with Gasteiger partial charge in [0.25, 0.3) is 11.1 Å². The van der Waals surface area contributed by atoms with E-state index in [0.29, 0.717) is 15.5 Å². The molecule has 4 nitrogen and oxygen atoms in total. The highest BCUT2D eigenvalue weighted by atomic mass is 35.5. The fourth-order valence-corrected chi connectivity index (χ4v) is 4.83. The van der Waals surface area contributed by atoms with E-state index >= 15 is 0 Å². The zero-order valence-corrected chi connectivity index (χ0v) is 18.5. The summed E-state index contributed by atoms with van der Waals surface area (Å²) in [6.45, 7) is 6.09. The number of nitrogens with zero attached hydrogens (tertiary/aromatic N) is 2. The average Bonchev–Trinajstić information content (AvgIpc) is 3.23. The summed E-state index contributed by atoms with van der Waals surface area (Å²) in [5, 5.41) is 0.984. The van der Waals surface area contributed by atoms with Crippen molar-refractivity contribution in [1.29, 1.82) is 0 Å². The highest BCUT2D eigenvalue weighted by Gasteiger charge is 2.34. The minimum absolute atomic E-state index is 0.176. The highest BCUT2D eigenvalue weighted by molar-refractivity contribution is 8.18. The summed E-state index contributed by atoms with van der Waals surface area (Å²) < 4.78 is 16.4. The van der Waals surface area contributed by atoms with E-state index in [9.17, 15) is 14.0 Å². The standard InChI is InChI=1S/C24H20ClFN2O2S/c1-3-11-28-23(29)21(31-24(28)30)12-16-13-27(14-18-19(25)9-6-10-20(18)26)22-15(4-2)7-5-8-17(16)22/h3,5-10,12-13H,1,4,11,14H2,2H3/b21-12-. The van der Waals surface area contributed by atoms with Crippen LogP contribution in [0.2, 0.25) is 5.02 Å². The van der Waals surface area contributed by atoms with Gasteiger partial charge in [0.15, 0.2) is 0 Å². The van der Waals surface area contributed by atoms with E-state index in [1.165, 1.54) is 17.0 Å². The van der Waals surface area contributed by atoms with Crippen molar-refractivity contribution >= 4 is 51.5 Å². The van der Waals surface area contributed by atoms with Crippen LogP contribution in [-0.2, 0) is 17.8 Å². The molecule has 2 aromatic carbocycles. The maximum Gasteiger partial charge on any atom is 0.293 e. The SMILES string of the molecule is C=CCN1C(=O)S/C(=C\c2cn(Cc3c(F)cccc3Cl)c3c(CC)cccc23)C1=O. The second-order valence-corrected chi connectivity index (χ2v) is 8.56. The third-order valence-corrected chi connectivity index (χ3v) is 6.52. The van der Waals surface area contributed by atoms with Crippen molar-refractivity contribution < 1.29 is 14.0 Å². The molecule has 0 unspecified atom stereocenters. The number of thioether (sulfide) groups is 1. The Morgan fingerprint density at radius 1 is 1.19 bits per heavy atom. The molecular formula is C24H20ClFN2O2S. The number of carbonyl (C=O) groups is 2. The minimum Gasteiger partial charge on any atom is -0.342 e. The number of hydrogen-bond acceptors (Lipinski definition) is 3. The topological polar surface area (TPSA) is 42.3 Å². The molecule has 1 saturated heterocycles. The van der Waals surface area contributed by atoms with E-state index in [1.807, 2.05) is 29.0 Å². The molecule has 1 fully saturated rings. The van der Waals surface area contributed by atoms with Crippen LogP contribution >= 0.6 is 23.4 Å². The van der Waals surface area contributed by atoms with Crippen LogP contribution in [0.5, 0.6) is 0 Å². The normalized spacial score (nSPS) is 15.5. The van der Waals surface area contributed by atoms with E-state index in [4.69, 9.17) is 11.6 Å². The number of imide groups is 1. The predicted molar refractivity (Wildman–Crippen MR) is 125 cm³/mol. The Morgan fingerprint density at radius 3 is 2.68 bits per heavy atom. The number of carbonyl (C=O) groups excluding carboxylic acids is 2. The second-order valence-electron chi connectivity index (χ2n) is 7.16. The van der Waals surface area contributed by atoms with Crippen LogP contribution in [0.1, 0.15) is 23.6 Å². The molecule has 3 aromatic rings. The van der Waals surface area contributed by atoms with Gasteiger partial charge in [0.05, 0.1) is 17.0 Å². The summed E-state index contributed by atoms with van der Waals surface area (Å²) in [6, 6.07) is 10.6. The quantitative estimate of drug-likeness (QED) is 0.326. The van der Waals surface area contributed by atoms with E-state index in [1.54, 1.807) is 18.2 Å². The van der Waals surface area contributed by atoms with Crippen LogP contribution in [0.25, 0.3) is 17.0 Å². The number of aromatic nitrogens is 1. The lowest BCUT2D eigenvalue weighted by molar-refractivity contribution is -0.122. The molecule has 0 aliphatic carbocycles. The van der Waals surface area contributed by atoms with Crippen LogP contribution in [0.4, 0.5) is 9.18 Å². The van der Waals surface area contributed by atoms with Gasteiger partial charge in [0, 0.05) is 34.3 Å². The van der Waals surface area contributed by atoms with Gasteiger partial charge in [-0.3, -0.25) is 14.5 Å². The summed E-state index contributed by atoms with van der Waals surface area (Å²) in [7, 11) is 0. The lowest BCUT2D eigenvalue weighted by atomic mass is 10.1. The Bertz CT molecular complexity index is 1230. The molecule has 0 atom stereocenters. The fourth-order valence-electron chi connectivity index (χ4n) is 3.77. The molecule has 0 spiro atoms. The fraction of sp³-hybridized carbons (Fsp3) is 0.167. The van der Waals surface area contributed by atoms with Gasteiger partial charge < -0.3 is 4.57 Å². The van der Waals surface area contributed by atoms with Gasteiger partial charge in [-0.05, 0) is 42.0 Å². The predicted octanol–water partition coefficient (Wildman–Crippen LogP) is 6.27. The monoisotopic (exact) mass is 454 g/mol. The summed E-state index contributed by atoms with van der Waals surface area (Å²) in [5.41, 5.74) is 3.26. The van der Waals surface area contributed by atoms with Crippen molar-refractivity contribution in [2.45, 2.75) is 19.9 Å². The van der Waals surface area contributed by atoms with Crippen LogP contribution < -0.4 is 0 Å². The molecule has 1 aliphatic rings. The molecule has 1 aromatic heterocycles. The largest absolute Gasteiger partial charge is 0.342 e. The molecular weight excluding hydrogens is 435 g/mol. The van der Waals surface area contributed by atoms with E-state index in [-0.39, 0.29) is 30.1 Å². The molecule has 0 radical (unpaired) electrons. The number of rotatable bonds is 6. The van der Waals surface area contributed by atoms with Gasteiger partial charge in [-0.25, -0.2) is 4.39 Å². The van der Waals surface area contributed by atoms with Crippen molar-refractivity contribution in [1.82, 2.24) is 9.47 Å². The Hall–Kier alpha value is -2.83. The van der Waals surface area contributed by atoms with Crippen molar-refractivity contribution in [3.8, 4) is 0 Å². The number of hydrogen-bond donors (Lipinski definition) is 0. The van der Waals surface area contributed by atoms with Gasteiger partial charge in [0.1, 0.15) is 5.82 Å². The number of aryl methyl sites for hydroxylation is 1. The number of para-hydroxylation sites is 1. The van der Waals surface area contributed by atoms with Crippen LogP contribution in [-0.4, -0.2) is 27.2 Å². The van der Waals surface area contributed by atoms with Crippen LogP contribution in [0.15, 0.2) is 60.2 Å². The zero-order chi connectivity index (χ0) is 22.1. The summed E-state index contributed by atoms with van der Waals surface area (Å²) in [5.74, 6) is -0.699. The number of amides is 2. The maximum absolute atomic E-state index is 14.5. The molecule has 7 heteroatoms. The Balaban J connectivity index is 1.84. The molecule has 2 amide bonds. The summed E-state index contributed by atoms with van der Waals surface area (Å²) in [4.78, 5) is 26.4. The van der Waals surface area contributed by atoms with Crippen molar-refractivity contribution in [2.24, 2.45) is 0 Å². The first kappa shape index (κ1) is 21.4. The summed E-state index contributed by atoms with van der Waals surface area (Å²) >= 11 is 7.18. The molecule has 1 aliphatic heterocycles. The first-order chi connectivity index (χ1) is 14.9. The lowest BCUT2D eigenvalue weighted by Gasteiger charge is -2.11. The Kier molecular flexibility index (Phi) is 6.03. The van der Waals surface area contributed by atoms with Crippen LogP contribution in [0, 0.1) is 5.82 Å². The Morgan fingerprint density at radius 2 is 1.97 bits per heavy atom. The maximum atomic E-state index is 14.5. The highest BCUT2D eigenvalue weighted by Crippen LogP contribution is 2.35. The molecule has 158 valence electrons. The molecule has 0 N–H and O–H groups in total. The molecule has 4 rings (SSSR count). The molecule has 0 saturated carbocycles. The summed E-state index contributed by atoms with van der Waals surface area (Å²) in [6.07, 6.45) is 5.93. The number of halogens is 2. The Labute approximate surface area is 189 Å². The van der Waals surface area contributed by atoms with E-state index < -0.39 is 0 Å². The average molecular weight is 455 g/mol. The van der Waals surface area contributed by atoms with Crippen LogP contribution in [0.3, 0.4) is 0 Å². The third kappa shape index (κ3) is 3.93. The van der Waals surface area contributed by atoms with Gasteiger partial charge in [-0.15, -0.1) is 6.58 Å². The minimum atomic E-state index is -0.365. The molecule has 0 bridgehead atoms. The van der Waals surface area contributed by atoms with E-state index in [0.717, 1.165) is 40.2 Å². The smallest absolute Gasteiger partial charge is 0.293 e. The van der Waals surface area contributed by atoms with E-state index in [2.05, 4.69) is 13.5 Å². The number of benzene rings is 2. The molecule has 31 heavy (non-hydrogen) atoms. The van der Waals surface area contributed by atoms with Gasteiger partial charge in [-0.2, -0.15) is 0 Å². The van der Waals surface area contributed by atoms with Gasteiger partial charge >= 0.3 is 0 Å². The second kappa shape index (κ2) is 8.73. The van der Waals surface area contributed by atoms with Gasteiger partial charge in [-0.1, -0.05) is 48.9 Å². The first-order valence-electron chi connectivity index (χ1n) is 9.84. The van der Waals surface area contributed by atoms with Crippen molar-refractivity contribution in [3.63, 3.8) is 0 Å². The first-order valence-corrected chi connectivity index (χ1v) is 11.0. The number of fused-ring (bicyclic) bond motifs is 1. The zero-order valence-electron chi connectivity index (χ0n) is 16.9.